The molecule has 5 nitrogen and oxygen atoms in total. The van der Waals surface area contributed by atoms with Crippen LogP contribution in [-0.4, -0.2) is 26.2 Å². The molecule has 2 aromatic carbocycles. The topological polar surface area (TPSA) is 56.8 Å². The molecule has 0 spiro atoms. The summed E-state index contributed by atoms with van der Waals surface area (Å²) in [5.41, 5.74) is 3.46. The number of hydroxylamine groups is 1. The molecule has 1 unspecified atom stereocenters. The van der Waals surface area contributed by atoms with Crippen LogP contribution in [0, 0.1) is 5.92 Å². The molecule has 134 valence electrons. The fraction of sp³-hybridized carbons (Fsp3) is 0.350. The monoisotopic (exact) mass is 343 g/mol. The Morgan fingerprint density at radius 2 is 1.64 bits per heavy atom. The summed E-state index contributed by atoms with van der Waals surface area (Å²) < 4.78 is 10.7. The Bertz CT molecular complexity index is 641. The van der Waals surface area contributed by atoms with Crippen LogP contribution in [0.2, 0.25) is 0 Å². The minimum absolute atomic E-state index is 0.137. The van der Waals surface area contributed by atoms with Gasteiger partial charge >= 0.3 is 0 Å². The first kappa shape index (κ1) is 18.8. The van der Waals surface area contributed by atoms with E-state index < -0.39 is 0 Å². The van der Waals surface area contributed by atoms with Gasteiger partial charge in [0.05, 0.1) is 13.0 Å². The summed E-state index contributed by atoms with van der Waals surface area (Å²) in [6.07, 6.45) is 0. The second kappa shape index (κ2) is 9.69. The first-order valence-corrected chi connectivity index (χ1v) is 8.35. The third kappa shape index (κ3) is 5.80. The van der Waals surface area contributed by atoms with Crippen molar-refractivity contribution in [2.24, 2.45) is 5.92 Å². The summed E-state index contributed by atoms with van der Waals surface area (Å²) in [4.78, 5) is 17.7. The van der Waals surface area contributed by atoms with Gasteiger partial charge in [-0.2, -0.15) is 0 Å². The average molecular weight is 343 g/mol. The molecule has 0 bridgehead atoms. The maximum Gasteiger partial charge on any atom is 0.251 e. The lowest BCUT2D eigenvalue weighted by atomic mass is 9.88. The van der Waals surface area contributed by atoms with Crippen LogP contribution in [0.5, 0.6) is 11.5 Å². The highest BCUT2D eigenvalue weighted by Crippen LogP contribution is 2.26. The van der Waals surface area contributed by atoms with Crippen LogP contribution in [0.3, 0.4) is 0 Å². The van der Waals surface area contributed by atoms with Crippen molar-refractivity contribution in [2.75, 3.05) is 20.3 Å². The summed E-state index contributed by atoms with van der Waals surface area (Å²) in [6, 6.07) is 17.0. The minimum Gasteiger partial charge on any atom is -0.497 e. The van der Waals surface area contributed by atoms with Crippen molar-refractivity contribution in [3.05, 3.63) is 60.2 Å². The van der Waals surface area contributed by atoms with Crippen molar-refractivity contribution in [3.8, 4) is 11.5 Å². The number of methoxy groups -OCH3 is 1. The predicted octanol–water partition coefficient (Wildman–Crippen LogP) is 3.56. The maximum atomic E-state index is 12.5. The van der Waals surface area contributed by atoms with Crippen LogP contribution in [0.4, 0.5) is 0 Å². The molecule has 0 radical (unpaired) electrons. The van der Waals surface area contributed by atoms with E-state index in [0.717, 1.165) is 17.1 Å². The Morgan fingerprint density at radius 1 is 0.960 bits per heavy atom. The molecule has 0 saturated carbocycles. The molecule has 0 fully saturated rings. The molecule has 25 heavy (non-hydrogen) atoms. The van der Waals surface area contributed by atoms with Crippen molar-refractivity contribution in [3.63, 3.8) is 0 Å². The first-order valence-electron chi connectivity index (χ1n) is 8.35. The number of ether oxygens (including phenoxy) is 2. The second-order valence-corrected chi connectivity index (χ2v) is 5.97. The quantitative estimate of drug-likeness (QED) is 0.559. The maximum absolute atomic E-state index is 12.5. The van der Waals surface area contributed by atoms with Gasteiger partial charge in [0.1, 0.15) is 24.7 Å². The number of benzene rings is 2. The van der Waals surface area contributed by atoms with Gasteiger partial charge in [-0.05, 0) is 35.7 Å². The molecule has 1 N–H and O–H groups in total. The Kier molecular flexibility index (Phi) is 7.29. The van der Waals surface area contributed by atoms with Crippen molar-refractivity contribution in [2.45, 2.75) is 19.8 Å². The minimum atomic E-state index is -0.291. The van der Waals surface area contributed by atoms with Crippen LogP contribution in [0.1, 0.15) is 25.3 Å². The van der Waals surface area contributed by atoms with E-state index >= 15 is 0 Å². The molecular weight excluding hydrogens is 318 g/mol. The highest BCUT2D eigenvalue weighted by molar-refractivity contribution is 5.83. The summed E-state index contributed by atoms with van der Waals surface area (Å²) in [6.45, 7) is 4.65. The normalized spacial score (nSPS) is 11.8. The van der Waals surface area contributed by atoms with E-state index in [4.69, 9.17) is 14.3 Å². The van der Waals surface area contributed by atoms with E-state index in [1.165, 1.54) is 0 Å². The molecule has 0 aromatic heterocycles. The zero-order valence-corrected chi connectivity index (χ0v) is 14.9. The molecule has 0 heterocycles. The van der Waals surface area contributed by atoms with E-state index in [-0.39, 0.29) is 24.3 Å². The van der Waals surface area contributed by atoms with Gasteiger partial charge in [-0.1, -0.05) is 44.2 Å². The summed E-state index contributed by atoms with van der Waals surface area (Å²) in [5, 5.41) is 0. The Morgan fingerprint density at radius 3 is 2.24 bits per heavy atom. The van der Waals surface area contributed by atoms with Gasteiger partial charge in [0.2, 0.25) is 0 Å². The molecular formula is C20H25NO4. The first-order chi connectivity index (χ1) is 12.1. The second-order valence-electron chi connectivity index (χ2n) is 5.97. The zero-order valence-electron chi connectivity index (χ0n) is 14.9. The standard InChI is InChI=1S/C20H25NO4/c1-15(2)19(16-9-11-17(23-3)12-10-16)20(22)21-25-14-13-24-18-7-5-4-6-8-18/h4-12,15,19H,13-14H2,1-3H3,(H,21,22). The molecule has 0 aliphatic carbocycles. The third-order valence-electron chi connectivity index (χ3n) is 3.79. The van der Waals surface area contributed by atoms with Crippen molar-refractivity contribution in [1.82, 2.24) is 5.48 Å². The number of hydrogen-bond acceptors (Lipinski definition) is 4. The zero-order chi connectivity index (χ0) is 18.1. The molecule has 0 aliphatic rings. The molecule has 0 aliphatic heterocycles. The third-order valence-corrected chi connectivity index (χ3v) is 3.79. The van der Waals surface area contributed by atoms with E-state index in [1.807, 2.05) is 68.4 Å². The molecule has 2 rings (SSSR count). The lowest BCUT2D eigenvalue weighted by Crippen LogP contribution is -2.33. The lowest BCUT2D eigenvalue weighted by molar-refractivity contribution is -0.136. The number of carbonyl (C=O) groups is 1. The number of nitrogens with one attached hydrogen (secondary N) is 1. The smallest absolute Gasteiger partial charge is 0.251 e. The van der Waals surface area contributed by atoms with Crippen LogP contribution >= 0.6 is 0 Å². The van der Waals surface area contributed by atoms with E-state index in [2.05, 4.69) is 5.48 Å². The van der Waals surface area contributed by atoms with Gasteiger partial charge in [0.15, 0.2) is 0 Å². The SMILES string of the molecule is COc1ccc(C(C(=O)NOCCOc2ccccc2)C(C)C)cc1. The number of para-hydroxylation sites is 1. The number of hydrogen-bond donors (Lipinski definition) is 1. The van der Waals surface area contributed by atoms with Crippen molar-refractivity contribution in [1.29, 1.82) is 0 Å². The van der Waals surface area contributed by atoms with Gasteiger partial charge in [-0.15, -0.1) is 0 Å². The predicted molar refractivity (Wildman–Crippen MR) is 96.6 cm³/mol. The molecule has 2 aromatic rings. The Labute approximate surface area is 148 Å². The van der Waals surface area contributed by atoms with Gasteiger partial charge in [-0.3, -0.25) is 9.63 Å². The van der Waals surface area contributed by atoms with Crippen molar-refractivity contribution < 1.29 is 19.1 Å². The van der Waals surface area contributed by atoms with Crippen LogP contribution in [0.15, 0.2) is 54.6 Å². The highest BCUT2D eigenvalue weighted by atomic mass is 16.7. The summed E-state index contributed by atoms with van der Waals surface area (Å²) in [5.74, 6) is 1.22. The fourth-order valence-electron chi connectivity index (χ4n) is 2.55. The highest BCUT2D eigenvalue weighted by Gasteiger charge is 2.24. The number of carbonyl (C=O) groups excluding carboxylic acids is 1. The summed E-state index contributed by atoms with van der Waals surface area (Å²) in [7, 11) is 1.62. The van der Waals surface area contributed by atoms with Crippen LogP contribution < -0.4 is 15.0 Å². The summed E-state index contributed by atoms with van der Waals surface area (Å²) >= 11 is 0. The molecule has 0 saturated heterocycles. The fourth-order valence-corrected chi connectivity index (χ4v) is 2.55. The van der Waals surface area contributed by atoms with Crippen LogP contribution in [0.25, 0.3) is 0 Å². The Hall–Kier alpha value is -2.53. The van der Waals surface area contributed by atoms with Gasteiger partial charge < -0.3 is 9.47 Å². The lowest BCUT2D eigenvalue weighted by Gasteiger charge is -2.20. The molecule has 1 atom stereocenters. The largest absolute Gasteiger partial charge is 0.497 e. The van der Waals surface area contributed by atoms with Crippen molar-refractivity contribution >= 4 is 5.91 Å². The number of rotatable bonds is 9. The van der Waals surface area contributed by atoms with Gasteiger partial charge in [-0.25, -0.2) is 5.48 Å². The Balaban J connectivity index is 1.81. The number of amides is 1. The molecule has 5 heteroatoms. The van der Waals surface area contributed by atoms with Gasteiger partial charge in [0, 0.05) is 0 Å². The van der Waals surface area contributed by atoms with E-state index in [0.29, 0.717) is 6.61 Å². The van der Waals surface area contributed by atoms with E-state index in [1.54, 1.807) is 7.11 Å². The molecule has 1 amide bonds. The van der Waals surface area contributed by atoms with Crippen LogP contribution in [-0.2, 0) is 9.63 Å². The van der Waals surface area contributed by atoms with Gasteiger partial charge in [0.25, 0.3) is 5.91 Å². The van der Waals surface area contributed by atoms with E-state index in [9.17, 15) is 4.79 Å². The average Bonchev–Trinajstić information content (AvgIpc) is 2.63.